The predicted molar refractivity (Wildman–Crippen MR) is 116 cm³/mol. The van der Waals surface area contributed by atoms with Crippen LogP contribution in [0.2, 0.25) is 0 Å². The third-order valence-electron chi connectivity index (χ3n) is 4.88. The third-order valence-corrected chi connectivity index (χ3v) is 4.88. The summed E-state index contributed by atoms with van der Waals surface area (Å²) in [6.07, 6.45) is 0. The molecule has 164 valence electrons. The number of imidazole rings is 1. The van der Waals surface area contributed by atoms with Crippen molar-refractivity contribution in [2.24, 2.45) is 0 Å². The van der Waals surface area contributed by atoms with Crippen LogP contribution < -0.4 is 14.2 Å². The number of ether oxygens (including phenoxy) is 3. The number of hydrogen-bond donors (Lipinski definition) is 2. The van der Waals surface area contributed by atoms with Crippen molar-refractivity contribution in [1.82, 2.24) is 9.97 Å². The lowest BCUT2D eigenvalue weighted by atomic mass is 10.1. The molecular weight excluding hydrogens is 415 g/mol. The van der Waals surface area contributed by atoms with Gasteiger partial charge in [-0.2, -0.15) is 0 Å². The molecule has 0 amide bonds. The monoisotopic (exact) mass is 436 g/mol. The van der Waals surface area contributed by atoms with Gasteiger partial charge < -0.3 is 24.3 Å². The lowest BCUT2D eigenvalue weighted by molar-refractivity contribution is 0.0696. The first-order valence-corrected chi connectivity index (χ1v) is 9.83. The Balaban J connectivity index is 1.54. The van der Waals surface area contributed by atoms with Gasteiger partial charge in [-0.15, -0.1) is 0 Å². The number of rotatable bonds is 8. The summed E-state index contributed by atoms with van der Waals surface area (Å²) in [6, 6.07) is 14.6. The minimum atomic E-state index is -1.10. The summed E-state index contributed by atoms with van der Waals surface area (Å²) in [7, 11) is 1.59. The number of hydrogen-bond acceptors (Lipinski definition) is 5. The lowest BCUT2D eigenvalue weighted by Gasteiger charge is -2.13. The Kier molecular flexibility index (Phi) is 5.93. The number of aromatic amines is 1. The summed E-state index contributed by atoms with van der Waals surface area (Å²) in [5, 5.41) is 9.31. The number of nitrogens with zero attached hydrogens (tertiary/aromatic N) is 1. The highest BCUT2D eigenvalue weighted by Gasteiger charge is 2.14. The van der Waals surface area contributed by atoms with Crippen LogP contribution in [-0.2, 0) is 13.2 Å². The van der Waals surface area contributed by atoms with Gasteiger partial charge >= 0.3 is 5.97 Å². The zero-order valence-corrected chi connectivity index (χ0v) is 17.5. The molecule has 1 aromatic heterocycles. The van der Waals surface area contributed by atoms with Gasteiger partial charge in [0.1, 0.15) is 30.6 Å². The van der Waals surface area contributed by atoms with E-state index in [9.17, 15) is 14.3 Å². The number of carboxylic acid groups (broad SMARTS) is 1. The molecule has 0 fully saturated rings. The number of nitrogens with one attached hydrogen (secondary N) is 1. The summed E-state index contributed by atoms with van der Waals surface area (Å²) >= 11 is 0. The molecule has 3 aromatic carbocycles. The summed E-state index contributed by atoms with van der Waals surface area (Å²) < 4.78 is 31.0. The molecule has 0 aliphatic carbocycles. The van der Waals surface area contributed by atoms with Gasteiger partial charge in [-0.3, -0.25) is 0 Å². The first kappa shape index (κ1) is 21.2. The summed E-state index contributed by atoms with van der Waals surface area (Å²) in [5.41, 5.74) is 2.75. The van der Waals surface area contributed by atoms with Crippen LogP contribution in [0.5, 0.6) is 17.2 Å². The minimum absolute atomic E-state index is 0.0348. The number of halogens is 1. The number of carboxylic acids is 1. The van der Waals surface area contributed by atoms with Crippen molar-refractivity contribution in [1.29, 1.82) is 0 Å². The van der Waals surface area contributed by atoms with Crippen molar-refractivity contribution >= 4 is 17.0 Å². The zero-order valence-electron chi connectivity index (χ0n) is 17.5. The first-order valence-electron chi connectivity index (χ1n) is 9.83. The number of H-pyrrole nitrogens is 1. The Morgan fingerprint density at radius 2 is 1.84 bits per heavy atom. The van der Waals surface area contributed by atoms with Crippen LogP contribution in [0, 0.1) is 12.7 Å². The van der Waals surface area contributed by atoms with Crippen molar-refractivity contribution in [3.05, 3.63) is 82.9 Å². The Labute approximate surface area is 183 Å². The molecule has 4 aromatic rings. The van der Waals surface area contributed by atoms with Crippen molar-refractivity contribution in [3.63, 3.8) is 0 Å². The fourth-order valence-corrected chi connectivity index (χ4v) is 3.18. The molecule has 8 heteroatoms. The number of benzene rings is 3. The molecule has 0 unspecified atom stereocenters. The number of aromatic nitrogens is 2. The highest BCUT2D eigenvalue weighted by Crippen LogP contribution is 2.30. The van der Waals surface area contributed by atoms with E-state index in [1.165, 1.54) is 24.3 Å². The van der Waals surface area contributed by atoms with Gasteiger partial charge in [0.25, 0.3) is 0 Å². The maximum Gasteiger partial charge on any atom is 0.335 e. The predicted octanol–water partition coefficient (Wildman–Crippen LogP) is 4.88. The van der Waals surface area contributed by atoms with Gasteiger partial charge in [0, 0.05) is 11.6 Å². The quantitative estimate of drug-likeness (QED) is 0.409. The first-order chi connectivity index (χ1) is 15.4. The molecule has 0 bridgehead atoms. The summed E-state index contributed by atoms with van der Waals surface area (Å²) in [5.74, 6) is 0.305. The molecule has 0 atom stereocenters. The Bertz CT molecular complexity index is 1280. The van der Waals surface area contributed by atoms with Crippen LogP contribution >= 0.6 is 0 Å². The van der Waals surface area contributed by atoms with Crippen molar-refractivity contribution in [2.45, 2.75) is 20.1 Å². The number of aryl methyl sites for hydroxylation is 1. The molecule has 0 radical (unpaired) electrons. The molecule has 4 rings (SSSR count). The van der Waals surface area contributed by atoms with Gasteiger partial charge in [0.05, 0.1) is 23.7 Å². The van der Waals surface area contributed by atoms with Crippen molar-refractivity contribution in [3.8, 4) is 17.2 Å². The maximum atomic E-state index is 14.2. The summed E-state index contributed by atoms with van der Waals surface area (Å²) in [6.45, 7) is 1.82. The van der Waals surface area contributed by atoms with Gasteiger partial charge in [-0.05, 0) is 48.9 Å². The van der Waals surface area contributed by atoms with Gasteiger partial charge in [-0.1, -0.05) is 12.1 Å². The molecule has 0 aliphatic heterocycles. The SMILES string of the molecule is COc1ccc2nc(COc3ccc(C(=O)O)cc3OCc3ccc(C)cc3F)[nH]c2c1. The molecule has 0 saturated heterocycles. The molecule has 7 nitrogen and oxygen atoms in total. The second kappa shape index (κ2) is 8.97. The van der Waals surface area contributed by atoms with Crippen LogP contribution in [-0.4, -0.2) is 28.2 Å². The van der Waals surface area contributed by atoms with Crippen LogP contribution in [0.1, 0.15) is 27.3 Å². The van der Waals surface area contributed by atoms with Crippen LogP contribution in [0.25, 0.3) is 11.0 Å². The number of aromatic carboxylic acids is 1. The van der Waals surface area contributed by atoms with Crippen molar-refractivity contribution in [2.75, 3.05) is 7.11 Å². The highest BCUT2D eigenvalue weighted by molar-refractivity contribution is 5.88. The molecule has 0 aliphatic rings. The van der Waals surface area contributed by atoms with Crippen LogP contribution in [0.15, 0.2) is 54.6 Å². The molecular formula is C24H21FN2O5. The lowest BCUT2D eigenvalue weighted by Crippen LogP contribution is -2.05. The second-order valence-corrected chi connectivity index (χ2v) is 7.21. The van der Waals surface area contributed by atoms with E-state index in [2.05, 4.69) is 9.97 Å². The van der Waals surface area contributed by atoms with Crippen LogP contribution in [0.4, 0.5) is 4.39 Å². The third kappa shape index (κ3) is 4.64. The van der Waals surface area contributed by atoms with E-state index in [1.54, 1.807) is 26.2 Å². The average molecular weight is 436 g/mol. The Morgan fingerprint density at radius 3 is 2.59 bits per heavy atom. The smallest absolute Gasteiger partial charge is 0.335 e. The van der Waals surface area contributed by atoms with E-state index in [-0.39, 0.29) is 30.3 Å². The van der Waals surface area contributed by atoms with Gasteiger partial charge in [-0.25, -0.2) is 14.2 Å². The van der Waals surface area contributed by atoms with E-state index in [4.69, 9.17) is 14.2 Å². The normalized spacial score (nSPS) is 10.8. The molecule has 1 heterocycles. The second-order valence-electron chi connectivity index (χ2n) is 7.21. The average Bonchev–Trinajstić information content (AvgIpc) is 3.19. The highest BCUT2D eigenvalue weighted by atomic mass is 19.1. The number of fused-ring (bicyclic) bond motifs is 1. The van der Waals surface area contributed by atoms with Crippen LogP contribution in [0.3, 0.4) is 0 Å². The van der Waals surface area contributed by atoms with E-state index < -0.39 is 5.97 Å². The summed E-state index contributed by atoms with van der Waals surface area (Å²) in [4.78, 5) is 19.0. The minimum Gasteiger partial charge on any atom is -0.497 e. The topological polar surface area (TPSA) is 93.7 Å². The number of carbonyl (C=O) groups is 1. The Hall–Kier alpha value is -4.07. The van der Waals surface area contributed by atoms with Gasteiger partial charge in [0.15, 0.2) is 11.5 Å². The fourth-order valence-electron chi connectivity index (χ4n) is 3.18. The van der Waals surface area contributed by atoms with E-state index in [0.29, 0.717) is 22.9 Å². The molecule has 32 heavy (non-hydrogen) atoms. The standard InChI is InChI=1S/C24H21FN2O5/c1-14-3-4-16(18(25)9-14)12-31-22-10-15(24(28)29)5-8-21(22)32-13-23-26-19-7-6-17(30-2)11-20(19)27-23/h3-11H,12-13H2,1-2H3,(H,26,27)(H,28,29). The largest absolute Gasteiger partial charge is 0.497 e. The molecule has 2 N–H and O–H groups in total. The van der Waals surface area contributed by atoms with Gasteiger partial charge in [0.2, 0.25) is 0 Å². The Morgan fingerprint density at radius 1 is 1.03 bits per heavy atom. The number of methoxy groups -OCH3 is 1. The van der Waals surface area contributed by atoms with E-state index in [0.717, 1.165) is 16.6 Å². The van der Waals surface area contributed by atoms with E-state index in [1.807, 2.05) is 18.2 Å². The molecule has 0 saturated carbocycles. The maximum absolute atomic E-state index is 14.2. The fraction of sp³-hybridized carbons (Fsp3) is 0.167. The molecule has 0 spiro atoms. The zero-order chi connectivity index (χ0) is 22.7. The van der Waals surface area contributed by atoms with E-state index >= 15 is 0 Å². The van der Waals surface area contributed by atoms with Crippen molar-refractivity contribution < 1.29 is 28.5 Å².